The summed E-state index contributed by atoms with van der Waals surface area (Å²) in [5.41, 5.74) is 1.05. The largest absolute Gasteiger partial charge is 0.496 e. The van der Waals surface area contributed by atoms with Crippen LogP contribution in [0.15, 0.2) is 48.5 Å². The van der Waals surface area contributed by atoms with Crippen LogP contribution in [0.4, 0.5) is 0 Å². The molecule has 1 aromatic heterocycles. The Morgan fingerprint density at radius 2 is 1.95 bits per heavy atom. The second-order valence-corrected chi connectivity index (χ2v) is 6.35. The van der Waals surface area contributed by atoms with Gasteiger partial charge in [0.25, 0.3) is 0 Å². The molecule has 1 unspecified atom stereocenters. The fourth-order valence-corrected chi connectivity index (χ4v) is 3.90. The minimum absolute atomic E-state index is 0.0658. The molecule has 21 heavy (non-hydrogen) atoms. The van der Waals surface area contributed by atoms with Gasteiger partial charge in [0, 0.05) is 20.2 Å². The summed E-state index contributed by atoms with van der Waals surface area (Å²) in [6.45, 7) is 0. The van der Waals surface area contributed by atoms with Crippen LogP contribution in [0.1, 0.15) is 16.5 Å². The van der Waals surface area contributed by atoms with Gasteiger partial charge in [-0.3, -0.25) is 0 Å². The maximum atomic E-state index is 6.16. The number of hydrogen-bond acceptors (Lipinski definition) is 3. The number of rotatable bonds is 4. The van der Waals surface area contributed by atoms with Crippen LogP contribution >= 0.6 is 22.9 Å². The summed E-state index contributed by atoms with van der Waals surface area (Å²) in [6, 6.07) is 16.4. The number of hydrogen-bond donors (Lipinski definition) is 1. The summed E-state index contributed by atoms with van der Waals surface area (Å²) in [5.74, 6) is 0.844. The predicted octanol–water partition coefficient (Wildman–Crippen LogP) is 4.87. The molecular weight excluding hydrogens is 302 g/mol. The molecule has 0 saturated carbocycles. The lowest BCUT2D eigenvalue weighted by Crippen LogP contribution is -2.17. The fraction of sp³-hybridized carbons (Fsp3) is 0.176. The summed E-state index contributed by atoms with van der Waals surface area (Å²) in [4.78, 5) is 1.25. The first-order valence-electron chi connectivity index (χ1n) is 6.72. The zero-order chi connectivity index (χ0) is 14.8. The molecule has 0 saturated heterocycles. The number of benzene rings is 2. The number of halogens is 1. The van der Waals surface area contributed by atoms with Crippen LogP contribution in [-0.2, 0) is 0 Å². The Bertz CT molecular complexity index is 735. The van der Waals surface area contributed by atoms with Crippen molar-refractivity contribution in [2.45, 2.75) is 6.04 Å². The van der Waals surface area contributed by atoms with E-state index in [1.807, 2.05) is 25.2 Å². The molecule has 0 bridgehead atoms. The summed E-state index contributed by atoms with van der Waals surface area (Å²) in [5, 5.41) is 5.35. The van der Waals surface area contributed by atoms with E-state index in [2.05, 4.69) is 35.6 Å². The summed E-state index contributed by atoms with van der Waals surface area (Å²) in [6.07, 6.45) is 0. The van der Waals surface area contributed by atoms with Crippen molar-refractivity contribution >= 4 is 33.0 Å². The number of fused-ring (bicyclic) bond motifs is 1. The summed E-state index contributed by atoms with van der Waals surface area (Å²) < 4.78 is 6.77. The highest BCUT2D eigenvalue weighted by atomic mass is 35.5. The van der Waals surface area contributed by atoms with E-state index in [1.165, 1.54) is 15.0 Å². The molecule has 0 aliphatic carbocycles. The highest BCUT2D eigenvalue weighted by molar-refractivity contribution is 7.19. The molecule has 3 rings (SSSR count). The van der Waals surface area contributed by atoms with Gasteiger partial charge >= 0.3 is 0 Å². The molecule has 1 atom stereocenters. The third-order valence-electron chi connectivity index (χ3n) is 3.52. The van der Waals surface area contributed by atoms with Gasteiger partial charge in [-0.15, -0.1) is 11.3 Å². The average molecular weight is 318 g/mol. The van der Waals surface area contributed by atoms with Crippen LogP contribution in [0.25, 0.3) is 10.1 Å². The SMILES string of the molecule is CNC(c1cc2ccccc2s1)c1cc(Cl)ccc1OC. The first-order chi connectivity index (χ1) is 10.2. The highest BCUT2D eigenvalue weighted by Crippen LogP contribution is 2.37. The van der Waals surface area contributed by atoms with E-state index in [0.717, 1.165) is 11.3 Å². The van der Waals surface area contributed by atoms with Crippen LogP contribution < -0.4 is 10.1 Å². The zero-order valence-electron chi connectivity index (χ0n) is 11.9. The molecule has 2 nitrogen and oxygen atoms in total. The van der Waals surface area contributed by atoms with Gasteiger partial charge < -0.3 is 10.1 Å². The number of methoxy groups -OCH3 is 1. The zero-order valence-corrected chi connectivity index (χ0v) is 13.5. The van der Waals surface area contributed by atoms with Crippen molar-refractivity contribution in [1.82, 2.24) is 5.32 Å². The van der Waals surface area contributed by atoms with Gasteiger partial charge in [-0.2, -0.15) is 0 Å². The van der Waals surface area contributed by atoms with Gasteiger partial charge in [0.2, 0.25) is 0 Å². The minimum atomic E-state index is 0.0658. The first-order valence-corrected chi connectivity index (χ1v) is 7.91. The van der Waals surface area contributed by atoms with Crippen molar-refractivity contribution in [3.05, 3.63) is 64.0 Å². The van der Waals surface area contributed by atoms with Gasteiger partial charge in [-0.1, -0.05) is 29.8 Å². The van der Waals surface area contributed by atoms with Crippen molar-refractivity contribution in [1.29, 1.82) is 0 Å². The third kappa shape index (κ3) is 2.77. The van der Waals surface area contributed by atoms with Crippen molar-refractivity contribution in [2.75, 3.05) is 14.2 Å². The van der Waals surface area contributed by atoms with Gasteiger partial charge in [-0.25, -0.2) is 0 Å². The van der Waals surface area contributed by atoms with E-state index >= 15 is 0 Å². The van der Waals surface area contributed by atoms with E-state index < -0.39 is 0 Å². The second kappa shape index (κ2) is 6.06. The normalized spacial score (nSPS) is 12.5. The predicted molar refractivity (Wildman–Crippen MR) is 90.7 cm³/mol. The van der Waals surface area contributed by atoms with E-state index in [9.17, 15) is 0 Å². The Labute approximate surface area is 133 Å². The highest BCUT2D eigenvalue weighted by Gasteiger charge is 2.19. The van der Waals surface area contributed by atoms with Crippen LogP contribution in [0.2, 0.25) is 5.02 Å². The Hall–Kier alpha value is -1.55. The molecule has 0 fully saturated rings. The maximum absolute atomic E-state index is 6.16. The summed E-state index contributed by atoms with van der Waals surface area (Å²) >= 11 is 7.95. The van der Waals surface area contributed by atoms with Gasteiger partial charge in [0.15, 0.2) is 0 Å². The van der Waals surface area contributed by atoms with E-state index in [4.69, 9.17) is 16.3 Å². The minimum Gasteiger partial charge on any atom is -0.496 e. The Morgan fingerprint density at radius 3 is 2.67 bits per heavy atom. The lowest BCUT2D eigenvalue weighted by atomic mass is 10.0. The molecule has 2 aromatic carbocycles. The number of ether oxygens (including phenoxy) is 1. The van der Waals surface area contributed by atoms with Gasteiger partial charge in [-0.05, 0) is 42.8 Å². The monoisotopic (exact) mass is 317 g/mol. The van der Waals surface area contributed by atoms with Gasteiger partial charge in [0.1, 0.15) is 5.75 Å². The topological polar surface area (TPSA) is 21.3 Å². The maximum Gasteiger partial charge on any atom is 0.124 e. The first kappa shape index (κ1) is 14.4. The molecule has 0 aliphatic heterocycles. The second-order valence-electron chi connectivity index (χ2n) is 4.79. The van der Waals surface area contributed by atoms with Crippen LogP contribution in [0.5, 0.6) is 5.75 Å². The quantitative estimate of drug-likeness (QED) is 0.741. The van der Waals surface area contributed by atoms with Crippen molar-refractivity contribution in [3.63, 3.8) is 0 Å². The smallest absolute Gasteiger partial charge is 0.124 e. The molecule has 3 aromatic rings. The van der Waals surface area contributed by atoms with Crippen LogP contribution in [0.3, 0.4) is 0 Å². The van der Waals surface area contributed by atoms with E-state index in [0.29, 0.717) is 5.02 Å². The molecule has 1 N–H and O–H groups in total. The van der Waals surface area contributed by atoms with E-state index in [-0.39, 0.29) is 6.04 Å². The molecule has 0 aliphatic rings. The molecule has 4 heteroatoms. The fourth-order valence-electron chi connectivity index (χ4n) is 2.53. The molecule has 1 heterocycles. The molecule has 108 valence electrons. The van der Waals surface area contributed by atoms with Crippen molar-refractivity contribution < 1.29 is 4.74 Å². The molecule has 0 amide bonds. The van der Waals surface area contributed by atoms with Crippen molar-refractivity contribution in [2.24, 2.45) is 0 Å². The van der Waals surface area contributed by atoms with E-state index in [1.54, 1.807) is 18.4 Å². The van der Waals surface area contributed by atoms with Gasteiger partial charge in [0.05, 0.1) is 13.2 Å². The third-order valence-corrected chi connectivity index (χ3v) is 4.94. The summed E-state index contributed by atoms with van der Waals surface area (Å²) in [7, 11) is 3.64. The lowest BCUT2D eigenvalue weighted by Gasteiger charge is -2.18. The Kier molecular flexibility index (Phi) is 4.15. The standard InChI is InChI=1S/C17H16ClNOS/c1-19-17(13-10-12(18)7-8-14(13)20-2)16-9-11-5-3-4-6-15(11)21-16/h3-10,17,19H,1-2H3. The number of nitrogens with one attached hydrogen (secondary N) is 1. The lowest BCUT2D eigenvalue weighted by molar-refractivity contribution is 0.406. The Balaban J connectivity index is 2.11. The molecule has 0 radical (unpaired) electrons. The average Bonchev–Trinajstić information content (AvgIpc) is 2.92. The van der Waals surface area contributed by atoms with Crippen LogP contribution in [-0.4, -0.2) is 14.2 Å². The van der Waals surface area contributed by atoms with Crippen molar-refractivity contribution in [3.8, 4) is 5.75 Å². The molecular formula is C17H16ClNOS. The molecule has 0 spiro atoms. The number of thiophene rings is 1. The Morgan fingerprint density at radius 1 is 1.14 bits per heavy atom. The van der Waals surface area contributed by atoms with Crippen LogP contribution in [0, 0.1) is 0 Å².